The summed E-state index contributed by atoms with van der Waals surface area (Å²) in [5.41, 5.74) is 2.50. The van der Waals surface area contributed by atoms with Crippen molar-refractivity contribution in [3.05, 3.63) is 29.3 Å². The molecular formula is C20H33IN4O. The molecule has 2 aliphatic rings. The Morgan fingerprint density at radius 3 is 2.77 bits per heavy atom. The number of benzene rings is 1. The Hall–Kier alpha value is -1.02. The van der Waals surface area contributed by atoms with Gasteiger partial charge in [-0.15, -0.1) is 24.0 Å². The van der Waals surface area contributed by atoms with Gasteiger partial charge in [0, 0.05) is 32.7 Å². The van der Waals surface area contributed by atoms with Gasteiger partial charge in [-0.25, -0.2) is 0 Å². The molecule has 2 N–H and O–H groups in total. The van der Waals surface area contributed by atoms with Crippen LogP contribution in [0, 0.1) is 12.8 Å². The van der Waals surface area contributed by atoms with Gasteiger partial charge < -0.3 is 20.3 Å². The van der Waals surface area contributed by atoms with Crippen molar-refractivity contribution in [1.29, 1.82) is 0 Å². The molecular weight excluding hydrogens is 439 g/mol. The van der Waals surface area contributed by atoms with Gasteiger partial charge in [-0.1, -0.05) is 17.7 Å². The van der Waals surface area contributed by atoms with Crippen molar-refractivity contribution < 1.29 is 4.74 Å². The number of nitrogens with zero attached hydrogens (tertiary/aromatic N) is 2. The van der Waals surface area contributed by atoms with Crippen LogP contribution in [-0.2, 0) is 6.42 Å². The van der Waals surface area contributed by atoms with Crippen LogP contribution < -0.4 is 15.4 Å². The number of rotatable bonds is 7. The Morgan fingerprint density at radius 2 is 2.08 bits per heavy atom. The van der Waals surface area contributed by atoms with Gasteiger partial charge in [0.25, 0.3) is 0 Å². The van der Waals surface area contributed by atoms with Gasteiger partial charge in [0.1, 0.15) is 5.75 Å². The van der Waals surface area contributed by atoms with E-state index < -0.39 is 0 Å². The molecule has 0 spiro atoms. The summed E-state index contributed by atoms with van der Waals surface area (Å²) in [4.78, 5) is 7.02. The maximum Gasteiger partial charge on any atom is 0.190 e. The molecule has 0 bridgehead atoms. The summed E-state index contributed by atoms with van der Waals surface area (Å²) >= 11 is 0. The molecule has 146 valence electrons. The van der Waals surface area contributed by atoms with E-state index in [0.29, 0.717) is 0 Å². The first-order valence-corrected chi connectivity index (χ1v) is 9.51. The van der Waals surface area contributed by atoms with Crippen LogP contribution in [0.4, 0.5) is 0 Å². The molecule has 1 aromatic rings. The number of hydrogen-bond donors (Lipinski definition) is 2. The molecule has 2 fully saturated rings. The van der Waals surface area contributed by atoms with E-state index in [1.807, 2.05) is 13.1 Å². The van der Waals surface area contributed by atoms with Crippen molar-refractivity contribution in [2.75, 3.05) is 40.3 Å². The average molecular weight is 472 g/mol. The SMILES string of the molecule is CN=C(NCCc1cc(C)ccc1OC)NCC1CCN(C2CC2)C1.I. The number of nitrogens with one attached hydrogen (secondary N) is 2. The highest BCUT2D eigenvalue weighted by molar-refractivity contribution is 14.0. The van der Waals surface area contributed by atoms with Crippen LogP contribution >= 0.6 is 24.0 Å². The smallest absolute Gasteiger partial charge is 0.190 e. The Kier molecular flexibility index (Phi) is 8.47. The van der Waals surface area contributed by atoms with E-state index in [0.717, 1.165) is 43.2 Å². The van der Waals surface area contributed by atoms with Crippen LogP contribution in [0.2, 0.25) is 0 Å². The summed E-state index contributed by atoms with van der Waals surface area (Å²) in [6, 6.07) is 7.22. The zero-order valence-electron chi connectivity index (χ0n) is 16.3. The third kappa shape index (κ3) is 6.01. The molecule has 3 rings (SSSR count). The van der Waals surface area contributed by atoms with Crippen LogP contribution in [-0.4, -0.2) is 57.2 Å². The van der Waals surface area contributed by atoms with Crippen molar-refractivity contribution in [2.45, 2.75) is 38.6 Å². The number of guanidine groups is 1. The van der Waals surface area contributed by atoms with Crippen molar-refractivity contribution in [1.82, 2.24) is 15.5 Å². The summed E-state index contributed by atoms with van der Waals surface area (Å²) in [5.74, 6) is 2.61. The quantitative estimate of drug-likeness (QED) is 0.364. The average Bonchev–Trinajstić information content (AvgIpc) is 3.37. The number of ether oxygens (including phenoxy) is 1. The normalized spacial score (nSPS) is 20.6. The minimum absolute atomic E-state index is 0. The summed E-state index contributed by atoms with van der Waals surface area (Å²) in [6.07, 6.45) is 5.04. The topological polar surface area (TPSA) is 48.9 Å². The van der Waals surface area contributed by atoms with Crippen LogP contribution in [0.5, 0.6) is 5.75 Å². The Bertz CT molecular complexity index is 603. The minimum atomic E-state index is 0. The molecule has 1 saturated carbocycles. The van der Waals surface area contributed by atoms with Crippen molar-refractivity contribution in [3.8, 4) is 5.75 Å². The summed E-state index contributed by atoms with van der Waals surface area (Å²) in [7, 11) is 3.57. The van der Waals surface area contributed by atoms with Crippen LogP contribution in [0.15, 0.2) is 23.2 Å². The van der Waals surface area contributed by atoms with Crippen LogP contribution in [0.25, 0.3) is 0 Å². The number of aliphatic imine (C=N–C) groups is 1. The monoisotopic (exact) mass is 472 g/mol. The molecule has 1 atom stereocenters. The maximum atomic E-state index is 5.46. The fraction of sp³-hybridized carbons (Fsp3) is 0.650. The maximum absolute atomic E-state index is 5.46. The second kappa shape index (κ2) is 10.3. The number of methoxy groups -OCH3 is 1. The molecule has 0 radical (unpaired) electrons. The molecule has 1 unspecified atom stereocenters. The molecule has 1 saturated heterocycles. The molecule has 1 heterocycles. The highest BCUT2D eigenvalue weighted by Gasteiger charge is 2.34. The zero-order valence-corrected chi connectivity index (χ0v) is 18.6. The standard InChI is InChI=1S/C20H32N4O.HI/c1-15-4-7-19(25-3)17(12-15)8-10-22-20(21-2)23-13-16-9-11-24(14-16)18-5-6-18;/h4,7,12,16,18H,5-6,8-11,13-14H2,1-3H3,(H2,21,22,23);1H. The molecule has 0 amide bonds. The zero-order chi connectivity index (χ0) is 17.6. The predicted octanol–water partition coefficient (Wildman–Crippen LogP) is 2.81. The fourth-order valence-corrected chi connectivity index (χ4v) is 3.68. The van der Waals surface area contributed by atoms with Crippen molar-refractivity contribution in [2.24, 2.45) is 10.9 Å². The lowest BCUT2D eigenvalue weighted by Gasteiger charge is -2.17. The van der Waals surface area contributed by atoms with Gasteiger partial charge in [-0.05, 0) is 56.7 Å². The molecule has 1 aliphatic carbocycles. The third-order valence-corrected chi connectivity index (χ3v) is 5.29. The van der Waals surface area contributed by atoms with Gasteiger partial charge in [-0.3, -0.25) is 4.99 Å². The van der Waals surface area contributed by atoms with Crippen LogP contribution in [0.3, 0.4) is 0 Å². The second-order valence-electron chi connectivity index (χ2n) is 7.33. The number of hydrogen-bond acceptors (Lipinski definition) is 3. The molecule has 26 heavy (non-hydrogen) atoms. The van der Waals surface area contributed by atoms with Crippen molar-refractivity contribution >= 4 is 29.9 Å². The third-order valence-electron chi connectivity index (χ3n) is 5.29. The lowest BCUT2D eigenvalue weighted by molar-refractivity contribution is 0.314. The van der Waals surface area contributed by atoms with E-state index in [4.69, 9.17) is 4.74 Å². The Balaban J connectivity index is 0.00000243. The van der Waals surface area contributed by atoms with Gasteiger partial charge in [0.15, 0.2) is 5.96 Å². The summed E-state index contributed by atoms with van der Waals surface area (Å²) in [6.45, 7) is 6.49. The van der Waals surface area contributed by atoms with E-state index in [-0.39, 0.29) is 24.0 Å². The second-order valence-corrected chi connectivity index (χ2v) is 7.33. The van der Waals surface area contributed by atoms with E-state index >= 15 is 0 Å². The summed E-state index contributed by atoms with van der Waals surface area (Å²) in [5, 5.41) is 6.93. The van der Waals surface area contributed by atoms with E-state index in [2.05, 4.69) is 39.6 Å². The number of likely N-dealkylation sites (tertiary alicyclic amines) is 1. The largest absolute Gasteiger partial charge is 0.496 e. The molecule has 6 heteroatoms. The number of aryl methyl sites for hydroxylation is 1. The number of halogens is 1. The van der Waals surface area contributed by atoms with E-state index in [9.17, 15) is 0 Å². The molecule has 0 aromatic heterocycles. The lowest BCUT2D eigenvalue weighted by Crippen LogP contribution is -2.41. The minimum Gasteiger partial charge on any atom is -0.496 e. The summed E-state index contributed by atoms with van der Waals surface area (Å²) < 4.78 is 5.46. The first-order valence-electron chi connectivity index (χ1n) is 9.51. The Morgan fingerprint density at radius 1 is 1.27 bits per heavy atom. The fourth-order valence-electron chi connectivity index (χ4n) is 3.68. The first-order chi connectivity index (χ1) is 12.2. The van der Waals surface area contributed by atoms with Crippen LogP contribution in [0.1, 0.15) is 30.4 Å². The van der Waals surface area contributed by atoms with Gasteiger partial charge in [-0.2, -0.15) is 0 Å². The van der Waals surface area contributed by atoms with E-state index in [1.54, 1.807) is 7.11 Å². The molecule has 5 nitrogen and oxygen atoms in total. The van der Waals surface area contributed by atoms with Gasteiger partial charge in [0.05, 0.1) is 7.11 Å². The van der Waals surface area contributed by atoms with E-state index in [1.165, 1.54) is 43.5 Å². The van der Waals surface area contributed by atoms with Gasteiger partial charge in [0.2, 0.25) is 0 Å². The Labute approximate surface area is 175 Å². The van der Waals surface area contributed by atoms with Gasteiger partial charge >= 0.3 is 0 Å². The first kappa shape index (κ1) is 21.3. The highest BCUT2D eigenvalue weighted by atomic mass is 127. The lowest BCUT2D eigenvalue weighted by atomic mass is 10.1. The highest BCUT2D eigenvalue weighted by Crippen LogP contribution is 2.31. The predicted molar refractivity (Wildman–Crippen MR) is 119 cm³/mol. The molecule has 1 aliphatic heterocycles. The molecule has 1 aromatic carbocycles. The van der Waals surface area contributed by atoms with Crippen molar-refractivity contribution in [3.63, 3.8) is 0 Å².